The number of rotatable bonds is 3. The molecule has 0 aliphatic heterocycles. The van der Waals surface area contributed by atoms with E-state index >= 15 is 0 Å². The predicted molar refractivity (Wildman–Crippen MR) is 71.1 cm³/mol. The molecule has 0 aliphatic rings. The third-order valence-electron chi connectivity index (χ3n) is 2.43. The molecule has 1 N–H and O–H groups in total. The highest BCUT2D eigenvalue weighted by Gasteiger charge is 2.12. The van der Waals surface area contributed by atoms with Crippen molar-refractivity contribution < 1.29 is 4.79 Å². The van der Waals surface area contributed by atoms with Crippen LogP contribution in [-0.2, 0) is 0 Å². The van der Waals surface area contributed by atoms with Gasteiger partial charge in [0.15, 0.2) is 0 Å². The van der Waals surface area contributed by atoms with Crippen LogP contribution in [0.25, 0.3) is 0 Å². The van der Waals surface area contributed by atoms with Crippen molar-refractivity contribution in [3.63, 3.8) is 0 Å². The molecule has 0 saturated carbocycles. The van der Waals surface area contributed by atoms with E-state index in [0.717, 1.165) is 21.1 Å². The molecule has 3 heteroatoms. The van der Waals surface area contributed by atoms with E-state index in [1.807, 2.05) is 32.0 Å². The highest BCUT2D eigenvalue weighted by molar-refractivity contribution is 14.1. The smallest absolute Gasteiger partial charge is 0.252 e. The largest absolute Gasteiger partial charge is 0.350 e. The summed E-state index contributed by atoms with van der Waals surface area (Å²) in [6, 6.07) is 6.03. The van der Waals surface area contributed by atoms with E-state index in [1.165, 1.54) is 0 Å². The monoisotopic (exact) mass is 317 g/mol. The second-order valence-corrected chi connectivity index (χ2v) is 4.80. The molecule has 0 aliphatic carbocycles. The Balaban J connectivity index is 2.87. The summed E-state index contributed by atoms with van der Waals surface area (Å²) in [6.07, 6.45) is 0.953. The average molecular weight is 317 g/mol. The molecule has 1 aromatic carbocycles. The van der Waals surface area contributed by atoms with Gasteiger partial charge in [-0.25, -0.2) is 0 Å². The number of hydrogen-bond acceptors (Lipinski definition) is 1. The van der Waals surface area contributed by atoms with Crippen LogP contribution in [0.3, 0.4) is 0 Å². The highest BCUT2D eigenvalue weighted by Crippen LogP contribution is 2.16. The first kappa shape index (κ1) is 12.5. The van der Waals surface area contributed by atoms with Crippen molar-refractivity contribution >= 4 is 28.5 Å². The van der Waals surface area contributed by atoms with Crippen molar-refractivity contribution in [2.45, 2.75) is 33.2 Å². The third kappa shape index (κ3) is 3.19. The van der Waals surface area contributed by atoms with E-state index in [0.29, 0.717) is 0 Å². The quantitative estimate of drug-likeness (QED) is 0.853. The molecule has 0 radical (unpaired) electrons. The Morgan fingerprint density at radius 1 is 1.53 bits per heavy atom. The lowest BCUT2D eigenvalue weighted by Crippen LogP contribution is -2.32. The molecule has 0 saturated heterocycles. The van der Waals surface area contributed by atoms with Gasteiger partial charge in [0.25, 0.3) is 5.91 Å². The van der Waals surface area contributed by atoms with Crippen LogP contribution in [0, 0.1) is 10.5 Å². The first-order chi connectivity index (χ1) is 7.06. The SMILES string of the molecule is CCC(C)NC(=O)c1cccc(C)c1I. The van der Waals surface area contributed by atoms with Crippen LogP contribution < -0.4 is 5.32 Å². The normalized spacial score (nSPS) is 12.3. The van der Waals surface area contributed by atoms with Crippen molar-refractivity contribution in [2.75, 3.05) is 0 Å². The molecule has 1 aromatic rings. The Morgan fingerprint density at radius 3 is 2.80 bits per heavy atom. The molecule has 0 fully saturated rings. The summed E-state index contributed by atoms with van der Waals surface area (Å²) < 4.78 is 1.04. The molecule has 0 bridgehead atoms. The van der Waals surface area contributed by atoms with Crippen molar-refractivity contribution in [3.05, 3.63) is 32.9 Å². The minimum absolute atomic E-state index is 0.0254. The number of amides is 1. The number of hydrogen-bond donors (Lipinski definition) is 1. The second kappa shape index (κ2) is 5.49. The van der Waals surface area contributed by atoms with Gasteiger partial charge in [-0.1, -0.05) is 19.1 Å². The zero-order valence-electron chi connectivity index (χ0n) is 9.30. The van der Waals surface area contributed by atoms with Gasteiger partial charge in [-0.3, -0.25) is 4.79 Å². The first-order valence-electron chi connectivity index (χ1n) is 5.12. The fourth-order valence-corrected chi connectivity index (χ4v) is 1.83. The Labute approximate surface area is 105 Å². The lowest BCUT2D eigenvalue weighted by atomic mass is 10.1. The molecule has 1 rings (SSSR count). The van der Waals surface area contributed by atoms with Crippen LogP contribution in [0.15, 0.2) is 18.2 Å². The topological polar surface area (TPSA) is 29.1 Å². The molecular formula is C12H16INO. The number of aryl methyl sites for hydroxylation is 1. The summed E-state index contributed by atoms with van der Waals surface area (Å²) >= 11 is 2.22. The minimum atomic E-state index is 0.0254. The van der Waals surface area contributed by atoms with Crippen molar-refractivity contribution in [1.29, 1.82) is 0 Å². The Bertz CT molecular complexity index is 363. The van der Waals surface area contributed by atoms with E-state index < -0.39 is 0 Å². The van der Waals surface area contributed by atoms with Crippen LogP contribution in [0.5, 0.6) is 0 Å². The lowest BCUT2D eigenvalue weighted by molar-refractivity contribution is 0.0938. The minimum Gasteiger partial charge on any atom is -0.350 e. The lowest BCUT2D eigenvalue weighted by Gasteiger charge is -2.13. The molecule has 15 heavy (non-hydrogen) atoms. The van der Waals surface area contributed by atoms with Crippen LogP contribution in [0.1, 0.15) is 36.2 Å². The van der Waals surface area contributed by atoms with Crippen molar-refractivity contribution in [2.24, 2.45) is 0 Å². The standard InChI is InChI=1S/C12H16INO/c1-4-9(3)14-12(15)10-7-5-6-8(2)11(10)13/h5-7,9H,4H2,1-3H3,(H,14,15). The maximum absolute atomic E-state index is 11.9. The van der Waals surface area contributed by atoms with Gasteiger partial charge in [-0.05, 0) is 54.5 Å². The van der Waals surface area contributed by atoms with E-state index in [9.17, 15) is 4.79 Å². The Morgan fingerprint density at radius 2 is 2.20 bits per heavy atom. The summed E-state index contributed by atoms with van der Waals surface area (Å²) in [5.74, 6) is 0.0254. The van der Waals surface area contributed by atoms with Gasteiger partial charge in [0.2, 0.25) is 0 Å². The summed E-state index contributed by atoms with van der Waals surface area (Å²) in [5, 5.41) is 2.97. The van der Waals surface area contributed by atoms with Crippen LogP contribution in [0.2, 0.25) is 0 Å². The number of benzene rings is 1. The van der Waals surface area contributed by atoms with Gasteiger partial charge in [0, 0.05) is 9.61 Å². The van der Waals surface area contributed by atoms with E-state index in [2.05, 4.69) is 34.8 Å². The van der Waals surface area contributed by atoms with Gasteiger partial charge in [-0.2, -0.15) is 0 Å². The van der Waals surface area contributed by atoms with Gasteiger partial charge >= 0.3 is 0 Å². The van der Waals surface area contributed by atoms with Crippen molar-refractivity contribution in [1.82, 2.24) is 5.32 Å². The zero-order chi connectivity index (χ0) is 11.4. The first-order valence-corrected chi connectivity index (χ1v) is 6.20. The molecule has 82 valence electrons. The summed E-state index contributed by atoms with van der Waals surface area (Å²) in [5.41, 5.74) is 1.92. The van der Waals surface area contributed by atoms with E-state index in [4.69, 9.17) is 0 Å². The van der Waals surface area contributed by atoms with Crippen molar-refractivity contribution in [3.8, 4) is 0 Å². The molecule has 1 unspecified atom stereocenters. The Hall–Kier alpha value is -0.580. The maximum atomic E-state index is 11.9. The molecule has 2 nitrogen and oxygen atoms in total. The van der Waals surface area contributed by atoms with Gasteiger partial charge in [0.1, 0.15) is 0 Å². The molecule has 1 atom stereocenters. The van der Waals surface area contributed by atoms with Crippen LogP contribution >= 0.6 is 22.6 Å². The molecule has 1 amide bonds. The van der Waals surface area contributed by atoms with E-state index in [-0.39, 0.29) is 11.9 Å². The number of carbonyl (C=O) groups excluding carboxylic acids is 1. The van der Waals surface area contributed by atoms with Gasteiger partial charge in [-0.15, -0.1) is 0 Å². The molecule has 0 heterocycles. The van der Waals surface area contributed by atoms with Crippen LogP contribution in [-0.4, -0.2) is 11.9 Å². The molecular weight excluding hydrogens is 301 g/mol. The van der Waals surface area contributed by atoms with Crippen LogP contribution in [0.4, 0.5) is 0 Å². The fourth-order valence-electron chi connectivity index (χ4n) is 1.23. The average Bonchev–Trinajstić information content (AvgIpc) is 2.21. The number of carbonyl (C=O) groups is 1. The predicted octanol–water partition coefficient (Wildman–Crippen LogP) is 3.13. The fraction of sp³-hybridized carbons (Fsp3) is 0.417. The molecule has 0 aromatic heterocycles. The third-order valence-corrected chi connectivity index (χ3v) is 3.86. The maximum Gasteiger partial charge on any atom is 0.252 e. The zero-order valence-corrected chi connectivity index (χ0v) is 11.5. The van der Waals surface area contributed by atoms with E-state index in [1.54, 1.807) is 0 Å². The summed E-state index contributed by atoms with van der Waals surface area (Å²) in [7, 11) is 0. The van der Waals surface area contributed by atoms with Gasteiger partial charge in [0.05, 0.1) is 5.56 Å². The Kier molecular flexibility index (Phi) is 4.57. The number of halogens is 1. The van der Waals surface area contributed by atoms with Gasteiger partial charge < -0.3 is 5.32 Å². The number of nitrogens with one attached hydrogen (secondary N) is 1. The summed E-state index contributed by atoms with van der Waals surface area (Å²) in [6.45, 7) is 6.09. The second-order valence-electron chi connectivity index (χ2n) is 3.72. The summed E-state index contributed by atoms with van der Waals surface area (Å²) in [4.78, 5) is 11.9. The highest BCUT2D eigenvalue weighted by atomic mass is 127. The molecule has 0 spiro atoms.